The number of aromatic hydroxyl groups is 2. The Kier molecular flexibility index (Phi) is 51.1. The first-order valence-electron chi connectivity index (χ1n) is 46.1. The molecular formula is C90H130N24O31. The number of nitrogens with two attached hydrogens (primary N) is 4. The number of guanidine groups is 2. The Morgan fingerprint density at radius 3 is 1.17 bits per heavy atom. The lowest BCUT2D eigenvalue weighted by molar-refractivity contribution is -0.144. The van der Waals surface area contributed by atoms with Crippen molar-refractivity contribution >= 4 is 148 Å². The number of carbonyl (C=O) groups is 23. The molecule has 3 aromatic carbocycles. The number of amides is 18. The number of rotatable bonds is 65. The first kappa shape index (κ1) is 121. The van der Waals surface area contributed by atoms with Gasteiger partial charge in [-0.25, -0.2) is 0 Å². The van der Waals surface area contributed by atoms with Crippen LogP contribution in [0.25, 0.3) is 0 Å². The molecule has 3 aromatic rings. The van der Waals surface area contributed by atoms with Crippen LogP contribution in [0, 0.1) is 22.7 Å². The molecule has 1 heterocycles. The zero-order valence-corrected chi connectivity index (χ0v) is 80.2. The van der Waals surface area contributed by atoms with Crippen LogP contribution in [-0.4, -0.2) is 317 Å². The number of aliphatic hydroxyl groups excluding tert-OH is 1. The topological polar surface area (TPSA) is 914 Å². The number of likely N-dealkylation sites (tertiary alicyclic amines) is 1. The highest BCUT2D eigenvalue weighted by Crippen LogP contribution is 2.23. The van der Waals surface area contributed by atoms with Gasteiger partial charge in [0.1, 0.15) is 102 Å². The molecule has 796 valence electrons. The van der Waals surface area contributed by atoms with E-state index in [0.29, 0.717) is 5.56 Å². The molecule has 0 spiro atoms. The minimum absolute atomic E-state index is 0.0456. The number of phenolic OH excluding ortho intramolecular Hbond substituents is 2. The average Bonchev–Trinajstić information content (AvgIpc) is 1.71. The van der Waals surface area contributed by atoms with Crippen molar-refractivity contribution in [3.05, 3.63) is 95.6 Å². The van der Waals surface area contributed by atoms with Crippen molar-refractivity contribution in [2.24, 2.45) is 34.8 Å². The first-order chi connectivity index (χ1) is 68.3. The molecule has 55 nitrogen and oxygen atoms in total. The van der Waals surface area contributed by atoms with Gasteiger partial charge in [-0.05, 0) is 117 Å². The Labute approximate surface area is 830 Å². The number of hydrogen-bond acceptors (Lipinski definition) is 28. The first-order valence-corrected chi connectivity index (χ1v) is 46.1. The molecule has 145 heavy (non-hydrogen) atoms. The second-order valence-electron chi connectivity index (χ2n) is 34.5. The molecule has 1 aliphatic rings. The summed E-state index contributed by atoms with van der Waals surface area (Å²) in [6, 6.07) is -7.95. The van der Waals surface area contributed by atoms with E-state index >= 15 is 4.79 Å². The quantitative estimate of drug-likeness (QED) is 0.0142. The van der Waals surface area contributed by atoms with Crippen molar-refractivity contribution in [3.63, 3.8) is 0 Å². The van der Waals surface area contributed by atoms with Crippen LogP contribution in [0.4, 0.5) is 0 Å². The molecule has 1 aliphatic heterocycles. The minimum atomic E-state index is -2.07. The van der Waals surface area contributed by atoms with Gasteiger partial charge < -0.3 is 159 Å². The standard InChI is InChI=1S/C90H130N24O31/c1-6-45(4)73(113-79(136)56(29-33-70(127)128)105-77(134)54(27-31-68(123)124)104-78(135)55(28-32-69(125)126)106-80(137)58(100-46(5)116)37-47-13-8-7-9-14-47)87(144)107-57(16-11-35-98-90(95)96)88(145)114-36-12-17-64(114)85(142)109-62(41-71(129)130)75(132)99-42-66(120)101-59(38-48-18-22-50(117)23-19-48)81(138)108-61(40-65(91)119)83(140)112-72(44(2)3)86(143)110-60(39-49-20-24-51(118)25-21-49)82(139)103-53(15-10-34-97-89(93)94)76(133)111-63(43-115)84(141)102-52(74(92)131)26-30-67(121)122/h7-9,13-14,18-25,44-45,52-64,72-73,115,117-118H,6,10-12,15-17,26-43H2,1-5H3,(H2,91,119)(H2,92,131)(H,99,132)(H,100,116)(H,101,120)(H,102,141)(H,103,139)(H,104,135)(H,105,134)(H,106,137)(H,107,144)(H,108,138)(H,109,142)(H,110,143)(H,111,133)(H,112,140)(H,113,136)(H,121,122)(H,123,124)(H,125,126)(H,127,128)(H,129,130)(H4,93,94,97)(H4,95,96,98)/t45-,52-,53-,54-,55-,56-,57-,58-,59-,60-,61-,62-,63-,64-,72-,73-/m0/s1. The molecule has 35 N–H and O–H groups in total. The second kappa shape index (κ2) is 61.3. The van der Waals surface area contributed by atoms with E-state index in [4.69, 9.17) is 38.9 Å². The van der Waals surface area contributed by atoms with Gasteiger partial charge in [0, 0.05) is 71.5 Å². The highest BCUT2D eigenvalue weighted by atomic mass is 16.4. The van der Waals surface area contributed by atoms with Crippen LogP contribution in [-0.2, 0) is 130 Å². The number of phenols is 2. The third kappa shape index (κ3) is 44.5. The van der Waals surface area contributed by atoms with E-state index in [1.165, 1.54) is 69.3 Å². The average molecular weight is 2040 g/mol. The van der Waals surface area contributed by atoms with E-state index in [2.05, 4.69) is 90.4 Å². The molecule has 0 radical (unpaired) electrons. The fourth-order valence-corrected chi connectivity index (χ4v) is 14.7. The number of carboxylic acid groups (broad SMARTS) is 5. The van der Waals surface area contributed by atoms with E-state index in [0.717, 1.165) is 11.8 Å². The Balaban J connectivity index is 1.61. The molecule has 55 heteroatoms. The van der Waals surface area contributed by atoms with Crippen molar-refractivity contribution in [1.82, 2.24) is 95.3 Å². The highest BCUT2D eigenvalue weighted by Gasteiger charge is 2.43. The van der Waals surface area contributed by atoms with Gasteiger partial charge in [0.15, 0.2) is 11.9 Å². The van der Waals surface area contributed by atoms with Crippen molar-refractivity contribution in [1.29, 1.82) is 10.8 Å². The summed E-state index contributed by atoms with van der Waals surface area (Å²) < 4.78 is 0. The van der Waals surface area contributed by atoms with Crippen molar-refractivity contribution < 1.29 is 151 Å². The van der Waals surface area contributed by atoms with E-state index in [1.807, 2.05) is 0 Å². The Morgan fingerprint density at radius 1 is 0.386 bits per heavy atom. The summed E-state index contributed by atoms with van der Waals surface area (Å²) in [7, 11) is 0. The summed E-state index contributed by atoms with van der Waals surface area (Å²) in [5, 5.41) is 135. The fourth-order valence-electron chi connectivity index (χ4n) is 14.7. The van der Waals surface area contributed by atoms with E-state index < -0.39 is 341 Å². The highest BCUT2D eigenvalue weighted by molar-refractivity contribution is 6.03. The van der Waals surface area contributed by atoms with Crippen LogP contribution in [0.15, 0.2) is 78.9 Å². The number of aliphatic carboxylic acids is 5. The van der Waals surface area contributed by atoms with Gasteiger partial charge in [-0.3, -0.25) is 121 Å². The molecule has 1 saturated heterocycles. The summed E-state index contributed by atoms with van der Waals surface area (Å²) in [6.45, 7) is 4.34. The number of carbonyl (C=O) groups excluding carboxylic acids is 18. The maximum absolute atomic E-state index is 15.0. The lowest BCUT2D eigenvalue weighted by Gasteiger charge is -2.32. The lowest BCUT2D eigenvalue weighted by Crippen LogP contribution is -2.61. The van der Waals surface area contributed by atoms with Gasteiger partial charge in [-0.2, -0.15) is 0 Å². The number of nitrogens with one attached hydrogen (secondary N) is 19. The molecule has 4 rings (SSSR count). The van der Waals surface area contributed by atoms with Crippen molar-refractivity contribution in [2.45, 2.75) is 254 Å². The second-order valence-corrected chi connectivity index (χ2v) is 34.5. The number of primary amides is 2. The van der Waals surface area contributed by atoms with Gasteiger partial charge in [-0.1, -0.05) is 88.7 Å². The minimum Gasteiger partial charge on any atom is -0.508 e. The predicted octanol–water partition coefficient (Wildman–Crippen LogP) is -8.44. The molecular weight excluding hydrogens is 1910 g/mol. The summed E-state index contributed by atoms with van der Waals surface area (Å²) in [4.78, 5) is 313. The molecule has 0 unspecified atom stereocenters. The molecule has 0 saturated carbocycles. The SMILES string of the molecule is CC[C@H](C)[C@H](NC(=O)[C@H](CCC(=O)O)NC(=O)[C@H](CCC(=O)O)NC(=O)[C@H](CCC(=O)O)NC(=O)[C@H](Cc1ccccc1)NC(C)=O)C(=O)N[C@@H](CCCNC(=N)N)C(=O)N1CCC[C@H]1C(=O)N[C@@H](CC(=O)O)C(=O)NCC(=O)N[C@@H](Cc1ccc(O)cc1)C(=O)N[C@@H](CC(N)=O)C(=O)N[C@H](C(=O)N[C@@H](Cc1ccc(O)cc1)C(=O)N[C@@H](CCCNC(=N)N)C(=O)N[C@@H](CO)C(=O)N[C@@H](CCC(=O)O)C(N)=O)C(C)C. The number of aliphatic hydroxyl groups is 1. The van der Waals surface area contributed by atoms with Crippen LogP contribution >= 0.6 is 0 Å². The molecule has 1 fully saturated rings. The summed E-state index contributed by atoms with van der Waals surface area (Å²) >= 11 is 0. The third-order valence-corrected chi connectivity index (χ3v) is 22.5. The maximum atomic E-state index is 15.0. The molecule has 0 aromatic heterocycles. The van der Waals surface area contributed by atoms with Gasteiger partial charge in [0.05, 0.1) is 26.0 Å². The van der Waals surface area contributed by atoms with Crippen LogP contribution in [0.2, 0.25) is 0 Å². The molecule has 16 atom stereocenters. The number of nitrogens with zero attached hydrogens (tertiary/aromatic N) is 1. The monoisotopic (exact) mass is 2040 g/mol. The Morgan fingerprint density at radius 2 is 0.745 bits per heavy atom. The summed E-state index contributed by atoms with van der Waals surface area (Å²) in [5.41, 5.74) is 23.0. The normalized spacial score (nSPS) is 15.1. The lowest BCUT2D eigenvalue weighted by atomic mass is 9.96. The number of hydrogen-bond donors (Lipinski definition) is 31. The van der Waals surface area contributed by atoms with Crippen molar-refractivity contribution in [2.75, 3.05) is 32.8 Å². The fraction of sp³-hybridized carbons (Fsp3) is 0.522. The third-order valence-electron chi connectivity index (χ3n) is 22.5. The zero-order valence-electron chi connectivity index (χ0n) is 80.2. The molecule has 0 aliphatic carbocycles. The Hall–Kier alpha value is -16.4. The predicted molar refractivity (Wildman–Crippen MR) is 507 cm³/mol. The van der Waals surface area contributed by atoms with Crippen molar-refractivity contribution in [3.8, 4) is 11.5 Å². The largest absolute Gasteiger partial charge is 0.508 e. The van der Waals surface area contributed by atoms with E-state index in [1.54, 1.807) is 37.3 Å². The molecule has 18 amide bonds. The van der Waals surface area contributed by atoms with Crippen LogP contribution < -0.4 is 113 Å². The van der Waals surface area contributed by atoms with Gasteiger partial charge in [0.25, 0.3) is 0 Å². The number of carboxylic acids is 5. The summed E-state index contributed by atoms with van der Waals surface area (Å²) in [5.74, 6) is -31.7. The zero-order chi connectivity index (χ0) is 109. The van der Waals surface area contributed by atoms with Gasteiger partial charge in [0.2, 0.25) is 106 Å². The van der Waals surface area contributed by atoms with Gasteiger partial charge in [-0.15, -0.1) is 0 Å². The maximum Gasteiger partial charge on any atom is 0.305 e. The smallest absolute Gasteiger partial charge is 0.305 e. The van der Waals surface area contributed by atoms with Gasteiger partial charge >= 0.3 is 29.8 Å². The van der Waals surface area contributed by atoms with Crippen LogP contribution in [0.5, 0.6) is 11.5 Å². The van der Waals surface area contributed by atoms with E-state index in [9.17, 15) is 141 Å². The van der Waals surface area contributed by atoms with E-state index in [-0.39, 0.29) is 93.6 Å². The van der Waals surface area contributed by atoms with Crippen LogP contribution in [0.1, 0.15) is 160 Å². The number of benzene rings is 3. The summed E-state index contributed by atoms with van der Waals surface area (Å²) in [6.07, 6.45) is -9.74. The molecule has 0 bridgehead atoms. The Bertz CT molecular complexity index is 5090. The van der Waals surface area contributed by atoms with Crippen LogP contribution in [0.3, 0.4) is 0 Å².